The first kappa shape index (κ1) is 20.2. The molecule has 1 aromatic heterocycles. The quantitative estimate of drug-likeness (QED) is 0.694. The topological polar surface area (TPSA) is 60.3 Å². The number of aromatic nitrogens is 1. The molecule has 0 spiro atoms. The Morgan fingerprint density at radius 2 is 1.83 bits per heavy atom. The molecule has 5 nitrogen and oxygen atoms in total. The number of pyridine rings is 1. The van der Waals surface area contributed by atoms with E-state index in [0.29, 0.717) is 39.6 Å². The minimum absolute atomic E-state index is 0.131. The average molecular weight is 405 g/mol. The van der Waals surface area contributed by atoms with Gasteiger partial charge in [0.1, 0.15) is 5.75 Å². The first-order chi connectivity index (χ1) is 14.5. The summed E-state index contributed by atoms with van der Waals surface area (Å²) in [6.45, 7) is 4.46. The van der Waals surface area contributed by atoms with E-state index in [1.54, 1.807) is 25.4 Å². The van der Waals surface area contributed by atoms with Gasteiger partial charge in [0.25, 0.3) is 11.5 Å². The molecule has 1 heterocycles. The van der Waals surface area contributed by atoms with E-state index in [2.05, 4.69) is 19.2 Å². The van der Waals surface area contributed by atoms with Gasteiger partial charge in [0, 0.05) is 29.1 Å². The zero-order valence-electron chi connectivity index (χ0n) is 17.7. The van der Waals surface area contributed by atoms with Crippen LogP contribution in [0.2, 0.25) is 0 Å². The molecule has 156 valence electrons. The average Bonchev–Trinajstić information content (AvgIpc) is 2.77. The molecule has 3 aromatic rings. The lowest BCUT2D eigenvalue weighted by molar-refractivity contribution is 0.0892. The normalized spacial score (nSPS) is 21.4. The van der Waals surface area contributed by atoms with Crippen molar-refractivity contribution < 1.29 is 9.53 Å². The molecule has 1 amide bonds. The summed E-state index contributed by atoms with van der Waals surface area (Å²) in [5.74, 6) is 1.54. The van der Waals surface area contributed by atoms with Crippen molar-refractivity contribution in [1.82, 2.24) is 9.88 Å². The van der Waals surface area contributed by atoms with Crippen LogP contribution in [0.15, 0.2) is 59.5 Å². The SMILES string of the molecule is COc1cccc(-n2cc(C(=O)NC3CCCC(C)C3C)c3ccccc3c2=O)c1. The van der Waals surface area contributed by atoms with Crippen molar-refractivity contribution in [3.63, 3.8) is 0 Å². The standard InChI is InChI=1S/C25H28N2O3/c1-16-8-6-13-23(17(16)2)26-24(28)22-15-27(18-9-7-10-19(14-18)30-3)25(29)21-12-5-4-11-20(21)22/h4-5,7,9-12,14-17,23H,6,8,13H2,1-3H3,(H,26,28). The summed E-state index contributed by atoms with van der Waals surface area (Å²) in [6.07, 6.45) is 4.98. The number of nitrogens with one attached hydrogen (secondary N) is 1. The highest BCUT2D eigenvalue weighted by Gasteiger charge is 2.29. The van der Waals surface area contributed by atoms with Gasteiger partial charge < -0.3 is 10.1 Å². The van der Waals surface area contributed by atoms with Crippen molar-refractivity contribution in [3.05, 3.63) is 70.6 Å². The summed E-state index contributed by atoms with van der Waals surface area (Å²) < 4.78 is 6.84. The van der Waals surface area contributed by atoms with E-state index < -0.39 is 0 Å². The first-order valence-electron chi connectivity index (χ1n) is 10.6. The van der Waals surface area contributed by atoms with Crippen molar-refractivity contribution in [2.75, 3.05) is 7.11 Å². The van der Waals surface area contributed by atoms with Gasteiger partial charge in [-0.2, -0.15) is 0 Å². The van der Waals surface area contributed by atoms with Gasteiger partial charge in [-0.1, -0.05) is 51.0 Å². The Morgan fingerprint density at radius 1 is 1.07 bits per heavy atom. The zero-order valence-corrected chi connectivity index (χ0v) is 17.7. The Bertz CT molecular complexity index is 1130. The minimum atomic E-state index is -0.157. The van der Waals surface area contributed by atoms with Crippen molar-refractivity contribution in [2.24, 2.45) is 11.8 Å². The van der Waals surface area contributed by atoms with Crippen LogP contribution in [0.5, 0.6) is 5.75 Å². The smallest absolute Gasteiger partial charge is 0.262 e. The lowest BCUT2D eigenvalue weighted by Gasteiger charge is -2.34. The number of hydrogen-bond donors (Lipinski definition) is 1. The fourth-order valence-electron chi connectivity index (χ4n) is 4.46. The highest BCUT2D eigenvalue weighted by atomic mass is 16.5. The first-order valence-corrected chi connectivity index (χ1v) is 10.6. The van der Waals surface area contributed by atoms with Gasteiger partial charge in [0.05, 0.1) is 18.4 Å². The second-order valence-corrected chi connectivity index (χ2v) is 8.31. The second-order valence-electron chi connectivity index (χ2n) is 8.31. The van der Waals surface area contributed by atoms with Crippen LogP contribution in [-0.2, 0) is 0 Å². The second kappa shape index (κ2) is 8.34. The fraction of sp³-hybridized carbons (Fsp3) is 0.360. The number of hydrogen-bond acceptors (Lipinski definition) is 3. The molecule has 1 aliphatic carbocycles. The van der Waals surface area contributed by atoms with E-state index in [-0.39, 0.29) is 17.5 Å². The largest absolute Gasteiger partial charge is 0.497 e. The maximum absolute atomic E-state index is 13.3. The van der Waals surface area contributed by atoms with E-state index in [0.717, 1.165) is 12.8 Å². The number of ether oxygens (including phenoxy) is 1. The molecular formula is C25H28N2O3. The third-order valence-corrected chi connectivity index (χ3v) is 6.52. The Kier molecular flexibility index (Phi) is 5.62. The highest BCUT2D eigenvalue weighted by Crippen LogP contribution is 2.30. The molecule has 1 fully saturated rings. The molecule has 3 atom stereocenters. The molecular weight excluding hydrogens is 376 g/mol. The molecule has 0 saturated heterocycles. The number of carbonyl (C=O) groups excluding carboxylic acids is 1. The Morgan fingerprint density at radius 3 is 2.60 bits per heavy atom. The summed E-state index contributed by atoms with van der Waals surface area (Å²) >= 11 is 0. The van der Waals surface area contributed by atoms with Crippen LogP contribution in [0.1, 0.15) is 43.5 Å². The van der Waals surface area contributed by atoms with Gasteiger partial charge in [-0.05, 0) is 36.5 Å². The van der Waals surface area contributed by atoms with Crippen molar-refractivity contribution in [3.8, 4) is 11.4 Å². The fourth-order valence-corrected chi connectivity index (χ4v) is 4.46. The van der Waals surface area contributed by atoms with Crippen molar-refractivity contribution in [1.29, 1.82) is 0 Å². The number of benzene rings is 2. The molecule has 30 heavy (non-hydrogen) atoms. The van der Waals surface area contributed by atoms with Crippen LogP contribution in [0, 0.1) is 11.8 Å². The van der Waals surface area contributed by atoms with Gasteiger partial charge in [-0.3, -0.25) is 14.2 Å². The van der Waals surface area contributed by atoms with Gasteiger partial charge in [0.2, 0.25) is 0 Å². The summed E-state index contributed by atoms with van der Waals surface area (Å²) in [4.78, 5) is 26.5. The molecule has 1 saturated carbocycles. The molecule has 0 bridgehead atoms. The lowest BCUT2D eigenvalue weighted by Crippen LogP contribution is -2.44. The third kappa shape index (κ3) is 3.72. The predicted octanol–water partition coefficient (Wildman–Crippen LogP) is 4.55. The van der Waals surface area contributed by atoms with E-state index in [4.69, 9.17) is 4.74 Å². The highest BCUT2D eigenvalue weighted by molar-refractivity contribution is 6.06. The molecule has 0 aliphatic heterocycles. The number of nitrogens with zero attached hydrogens (tertiary/aromatic N) is 1. The zero-order chi connectivity index (χ0) is 21.3. The summed E-state index contributed by atoms with van der Waals surface area (Å²) in [6, 6.07) is 14.7. The van der Waals surface area contributed by atoms with Crippen LogP contribution in [0.3, 0.4) is 0 Å². The van der Waals surface area contributed by atoms with Gasteiger partial charge in [0.15, 0.2) is 0 Å². The predicted molar refractivity (Wildman–Crippen MR) is 120 cm³/mol. The van der Waals surface area contributed by atoms with E-state index >= 15 is 0 Å². The molecule has 1 N–H and O–H groups in total. The molecule has 0 radical (unpaired) electrons. The van der Waals surface area contributed by atoms with Crippen molar-refractivity contribution in [2.45, 2.75) is 39.2 Å². The number of methoxy groups -OCH3 is 1. The van der Waals surface area contributed by atoms with E-state index in [1.807, 2.05) is 36.4 Å². The van der Waals surface area contributed by atoms with Crippen LogP contribution in [-0.4, -0.2) is 23.6 Å². The molecule has 1 aliphatic rings. The number of rotatable bonds is 4. The molecule has 5 heteroatoms. The third-order valence-electron chi connectivity index (χ3n) is 6.52. The number of carbonyl (C=O) groups is 1. The van der Waals surface area contributed by atoms with Crippen LogP contribution in [0.4, 0.5) is 0 Å². The van der Waals surface area contributed by atoms with Crippen LogP contribution >= 0.6 is 0 Å². The minimum Gasteiger partial charge on any atom is -0.497 e. The van der Waals surface area contributed by atoms with E-state index in [1.165, 1.54) is 11.0 Å². The van der Waals surface area contributed by atoms with Crippen LogP contribution in [0.25, 0.3) is 16.5 Å². The summed E-state index contributed by atoms with van der Waals surface area (Å²) in [5, 5.41) is 4.45. The Labute approximate surface area is 176 Å². The van der Waals surface area contributed by atoms with Crippen LogP contribution < -0.4 is 15.6 Å². The lowest BCUT2D eigenvalue weighted by atomic mass is 9.78. The summed E-state index contributed by atoms with van der Waals surface area (Å²) in [5.41, 5.74) is 1.02. The summed E-state index contributed by atoms with van der Waals surface area (Å²) in [7, 11) is 1.59. The Balaban J connectivity index is 1.80. The molecule has 4 rings (SSSR count). The van der Waals surface area contributed by atoms with Gasteiger partial charge >= 0.3 is 0 Å². The number of amides is 1. The number of fused-ring (bicyclic) bond motifs is 1. The van der Waals surface area contributed by atoms with Gasteiger partial charge in [-0.15, -0.1) is 0 Å². The Hall–Kier alpha value is -3.08. The maximum atomic E-state index is 13.3. The van der Waals surface area contributed by atoms with Gasteiger partial charge in [-0.25, -0.2) is 0 Å². The molecule has 3 unspecified atom stereocenters. The van der Waals surface area contributed by atoms with E-state index in [9.17, 15) is 9.59 Å². The monoisotopic (exact) mass is 404 g/mol. The molecule has 2 aromatic carbocycles. The van der Waals surface area contributed by atoms with Crippen molar-refractivity contribution >= 4 is 16.7 Å². The maximum Gasteiger partial charge on any atom is 0.262 e.